The van der Waals surface area contributed by atoms with Gasteiger partial charge in [-0.15, -0.1) is 11.8 Å². The number of benzene rings is 1. The van der Waals surface area contributed by atoms with E-state index in [1.807, 2.05) is 18.2 Å². The maximum Gasteiger partial charge on any atom is 0.270 e. The van der Waals surface area contributed by atoms with Crippen molar-refractivity contribution in [3.8, 4) is 0 Å². The largest absolute Gasteiger partial charge is 0.344 e. The zero-order valence-electron chi connectivity index (χ0n) is 11.0. The summed E-state index contributed by atoms with van der Waals surface area (Å²) in [6.45, 7) is 0. The van der Waals surface area contributed by atoms with Crippen LogP contribution >= 0.6 is 35.0 Å². The normalized spacial score (nSPS) is 17.1. The number of halogens is 2. The van der Waals surface area contributed by atoms with E-state index in [0.717, 1.165) is 22.6 Å². The Bertz CT molecular complexity index is 693. The molecule has 0 radical (unpaired) electrons. The highest BCUT2D eigenvalue weighted by Crippen LogP contribution is 2.37. The lowest BCUT2D eigenvalue weighted by Crippen LogP contribution is -2.31. The zero-order chi connectivity index (χ0) is 14.8. The van der Waals surface area contributed by atoms with Crippen LogP contribution in [0.2, 0.25) is 10.0 Å². The van der Waals surface area contributed by atoms with Crippen molar-refractivity contribution in [1.29, 1.82) is 0 Å². The lowest BCUT2D eigenvalue weighted by Gasteiger charge is -2.26. The molecule has 2 heterocycles. The van der Waals surface area contributed by atoms with Crippen LogP contribution < -0.4 is 5.32 Å². The molecule has 1 atom stereocenters. The summed E-state index contributed by atoms with van der Waals surface area (Å²) in [7, 11) is 0. The van der Waals surface area contributed by atoms with E-state index in [1.54, 1.807) is 23.9 Å². The summed E-state index contributed by atoms with van der Waals surface area (Å²) in [6, 6.07) is 8.94. The van der Waals surface area contributed by atoms with E-state index in [2.05, 4.69) is 10.3 Å². The highest BCUT2D eigenvalue weighted by atomic mass is 35.5. The molecule has 0 aliphatic carbocycles. The molecule has 0 bridgehead atoms. The average Bonchev–Trinajstić information content (AvgIpc) is 2.48. The Hall–Kier alpha value is -1.23. The van der Waals surface area contributed by atoms with Crippen molar-refractivity contribution in [2.75, 3.05) is 5.75 Å². The zero-order valence-corrected chi connectivity index (χ0v) is 13.3. The Balaban J connectivity index is 1.83. The van der Waals surface area contributed by atoms with Crippen molar-refractivity contribution in [2.45, 2.75) is 17.4 Å². The molecule has 0 saturated heterocycles. The highest BCUT2D eigenvalue weighted by molar-refractivity contribution is 7.99. The first-order valence-corrected chi connectivity index (χ1v) is 8.22. The number of nitrogens with zero attached hydrogens (tertiary/aromatic N) is 1. The van der Waals surface area contributed by atoms with Gasteiger partial charge in [-0.3, -0.25) is 9.78 Å². The number of aromatic nitrogens is 1. The molecular formula is C15H12Cl2N2OS. The summed E-state index contributed by atoms with van der Waals surface area (Å²) in [5, 5.41) is 4.19. The maximum atomic E-state index is 12.3. The van der Waals surface area contributed by atoms with E-state index >= 15 is 0 Å². The van der Waals surface area contributed by atoms with Gasteiger partial charge < -0.3 is 5.32 Å². The van der Waals surface area contributed by atoms with Gasteiger partial charge in [0.2, 0.25) is 0 Å². The van der Waals surface area contributed by atoms with Crippen LogP contribution in [0.3, 0.4) is 0 Å². The molecule has 0 fully saturated rings. The molecule has 6 heteroatoms. The minimum atomic E-state index is -0.222. The van der Waals surface area contributed by atoms with E-state index in [0.29, 0.717) is 15.7 Å². The SMILES string of the molecule is O=C(NC1CCSc2ccc(Cl)cc21)c1cc(Cl)ccn1. The van der Waals surface area contributed by atoms with Gasteiger partial charge in [0.15, 0.2) is 0 Å². The van der Waals surface area contributed by atoms with E-state index in [-0.39, 0.29) is 11.9 Å². The molecule has 1 N–H and O–H groups in total. The lowest BCUT2D eigenvalue weighted by molar-refractivity contribution is 0.0930. The highest BCUT2D eigenvalue weighted by Gasteiger charge is 2.23. The fourth-order valence-corrected chi connectivity index (χ4v) is 3.72. The van der Waals surface area contributed by atoms with Crippen LogP contribution in [0.25, 0.3) is 0 Å². The monoisotopic (exact) mass is 338 g/mol. The molecule has 0 saturated carbocycles. The number of fused-ring (bicyclic) bond motifs is 1. The van der Waals surface area contributed by atoms with Crippen LogP contribution in [-0.2, 0) is 0 Å². The third-order valence-electron chi connectivity index (χ3n) is 3.27. The fourth-order valence-electron chi connectivity index (χ4n) is 2.28. The molecule has 21 heavy (non-hydrogen) atoms. The predicted octanol–water partition coefficient (Wildman–Crippen LogP) is 4.36. The fraction of sp³-hybridized carbons (Fsp3) is 0.200. The molecule has 1 aliphatic heterocycles. The molecule has 108 valence electrons. The van der Waals surface area contributed by atoms with Gasteiger partial charge in [-0.1, -0.05) is 23.2 Å². The van der Waals surface area contributed by atoms with Gasteiger partial charge >= 0.3 is 0 Å². The van der Waals surface area contributed by atoms with E-state index in [9.17, 15) is 4.79 Å². The Morgan fingerprint density at radius 3 is 2.86 bits per heavy atom. The summed E-state index contributed by atoms with van der Waals surface area (Å²) >= 11 is 13.7. The Morgan fingerprint density at radius 2 is 2.05 bits per heavy atom. The lowest BCUT2D eigenvalue weighted by atomic mass is 10.0. The van der Waals surface area contributed by atoms with E-state index in [1.165, 1.54) is 6.20 Å². The van der Waals surface area contributed by atoms with Gasteiger partial charge in [0.1, 0.15) is 5.69 Å². The molecular weight excluding hydrogens is 327 g/mol. The predicted molar refractivity (Wildman–Crippen MR) is 86.2 cm³/mol. The first-order valence-electron chi connectivity index (χ1n) is 6.48. The molecule has 3 rings (SSSR count). The minimum absolute atomic E-state index is 0.0479. The number of carbonyl (C=O) groups excluding carboxylic acids is 1. The van der Waals surface area contributed by atoms with Gasteiger partial charge in [-0.25, -0.2) is 0 Å². The van der Waals surface area contributed by atoms with Crippen LogP contribution in [0.1, 0.15) is 28.5 Å². The third kappa shape index (κ3) is 3.34. The number of rotatable bonds is 2. The number of thioether (sulfide) groups is 1. The van der Waals surface area contributed by atoms with Gasteiger partial charge in [-0.2, -0.15) is 0 Å². The Kier molecular flexibility index (Phi) is 4.38. The standard InChI is InChI=1S/C15H12Cl2N2OS/c16-9-1-2-14-11(7-9)12(4-6-21-14)19-15(20)13-8-10(17)3-5-18-13/h1-3,5,7-8,12H,4,6H2,(H,19,20). The Labute approximate surface area is 137 Å². The summed E-state index contributed by atoms with van der Waals surface area (Å²) in [5.74, 6) is 0.739. The molecule has 1 unspecified atom stereocenters. The molecule has 2 aromatic rings. The molecule has 1 aliphatic rings. The third-order valence-corrected chi connectivity index (χ3v) is 4.86. The van der Waals surface area contributed by atoms with Crippen molar-refractivity contribution in [3.05, 3.63) is 57.8 Å². The number of hydrogen-bond acceptors (Lipinski definition) is 3. The van der Waals surface area contributed by atoms with Crippen LogP contribution in [0, 0.1) is 0 Å². The second kappa shape index (κ2) is 6.26. The molecule has 3 nitrogen and oxygen atoms in total. The maximum absolute atomic E-state index is 12.3. The van der Waals surface area contributed by atoms with Crippen LogP contribution in [0.15, 0.2) is 41.4 Å². The average molecular weight is 339 g/mol. The molecule has 1 aromatic heterocycles. The first kappa shape index (κ1) is 14.7. The number of pyridine rings is 1. The van der Waals surface area contributed by atoms with Crippen molar-refractivity contribution in [1.82, 2.24) is 10.3 Å². The van der Waals surface area contributed by atoms with Gasteiger partial charge in [0, 0.05) is 26.9 Å². The van der Waals surface area contributed by atoms with Crippen LogP contribution in [-0.4, -0.2) is 16.6 Å². The molecule has 0 spiro atoms. The van der Waals surface area contributed by atoms with Crippen molar-refractivity contribution >= 4 is 40.9 Å². The number of amides is 1. The summed E-state index contributed by atoms with van der Waals surface area (Å²) < 4.78 is 0. The molecule has 1 aromatic carbocycles. The van der Waals surface area contributed by atoms with E-state index in [4.69, 9.17) is 23.2 Å². The smallest absolute Gasteiger partial charge is 0.270 e. The van der Waals surface area contributed by atoms with Gasteiger partial charge in [0.05, 0.1) is 6.04 Å². The van der Waals surface area contributed by atoms with E-state index < -0.39 is 0 Å². The molecule has 1 amide bonds. The minimum Gasteiger partial charge on any atom is -0.344 e. The summed E-state index contributed by atoms with van der Waals surface area (Å²) in [4.78, 5) is 17.5. The quantitative estimate of drug-likeness (QED) is 0.884. The van der Waals surface area contributed by atoms with Crippen molar-refractivity contribution in [2.24, 2.45) is 0 Å². The second-order valence-corrected chi connectivity index (χ2v) is 6.71. The number of nitrogens with one attached hydrogen (secondary N) is 1. The second-order valence-electron chi connectivity index (χ2n) is 4.70. The van der Waals surface area contributed by atoms with Crippen LogP contribution in [0.4, 0.5) is 0 Å². The van der Waals surface area contributed by atoms with Gasteiger partial charge in [-0.05, 0) is 42.3 Å². The van der Waals surface area contributed by atoms with Gasteiger partial charge in [0.25, 0.3) is 5.91 Å². The van der Waals surface area contributed by atoms with Crippen molar-refractivity contribution < 1.29 is 4.79 Å². The topological polar surface area (TPSA) is 42.0 Å². The van der Waals surface area contributed by atoms with Crippen molar-refractivity contribution in [3.63, 3.8) is 0 Å². The summed E-state index contributed by atoms with van der Waals surface area (Å²) in [5.41, 5.74) is 1.39. The van der Waals surface area contributed by atoms with Crippen LogP contribution in [0.5, 0.6) is 0 Å². The first-order chi connectivity index (χ1) is 10.1. The number of carbonyl (C=O) groups is 1. The Morgan fingerprint density at radius 1 is 1.24 bits per heavy atom. The number of hydrogen-bond donors (Lipinski definition) is 1. The summed E-state index contributed by atoms with van der Waals surface area (Å²) in [6.07, 6.45) is 2.39.